The quantitative estimate of drug-likeness (QED) is 0.274. The van der Waals surface area contributed by atoms with Gasteiger partial charge in [-0.15, -0.1) is 0 Å². The number of halogens is 1. The SMILES string of the molecule is CCC(C)C[C@@H](NC(=O)c1ccc(-c2cnc3ncc(Cc4ccc5ncccc5c4)n3n2)cc1F)C(=O)N1CCC1. The van der Waals surface area contributed by atoms with Gasteiger partial charge in [-0.25, -0.2) is 18.9 Å². The van der Waals surface area contributed by atoms with Crippen molar-refractivity contribution in [3.05, 3.63) is 89.8 Å². The average molecular weight is 566 g/mol. The summed E-state index contributed by atoms with van der Waals surface area (Å²) in [7, 11) is 0. The molecule has 2 atom stereocenters. The zero-order chi connectivity index (χ0) is 29.2. The third-order valence-electron chi connectivity index (χ3n) is 7.97. The lowest BCUT2D eigenvalue weighted by Gasteiger charge is -2.35. The first-order chi connectivity index (χ1) is 20.4. The Balaban J connectivity index is 1.22. The van der Waals surface area contributed by atoms with Gasteiger partial charge >= 0.3 is 0 Å². The van der Waals surface area contributed by atoms with Crippen LogP contribution in [0.1, 0.15) is 54.7 Å². The van der Waals surface area contributed by atoms with Gasteiger partial charge in [0.15, 0.2) is 0 Å². The van der Waals surface area contributed by atoms with Crippen LogP contribution in [0.2, 0.25) is 0 Å². The first kappa shape index (κ1) is 27.4. The molecular formula is C32H32FN7O2. The number of hydrogen-bond acceptors (Lipinski definition) is 6. The van der Waals surface area contributed by atoms with Gasteiger partial charge in [-0.05, 0) is 54.7 Å². The van der Waals surface area contributed by atoms with E-state index >= 15 is 4.39 Å². The van der Waals surface area contributed by atoms with Crippen LogP contribution in [0.15, 0.2) is 67.1 Å². The van der Waals surface area contributed by atoms with Crippen molar-refractivity contribution in [1.82, 2.24) is 34.8 Å². The first-order valence-electron chi connectivity index (χ1n) is 14.3. The molecule has 1 aliphatic rings. The van der Waals surface area contributed by atoms with E-state index in [1.807, 2.05) is 38.1 Å². The van der Waals surface area contributed by atoms with E-state index in [0.717, 1.165) is 35.0 Å². The maximum absolute atomic E-state index is 15.3. The topological polar surface area (TPSA) is 105 Å². The average Bonchev–Trinajstić information content (AvgIpc) is 3.37. The molecule has 10 heteroatoms. The van der Waals surface area contributed by atoms with E-state index in [1.54, 1.807) is 27.9 Å². The second-order valence-corrected chi connectivity index (χ2v) is 11.0. The van der Waals surface area contributed by atoms with Crippen LogP contribution in [0.4, 0.5) is 4.39 Å². The van der Waals surface area contributed by atoms with Crippen LogP contribution >= 0.6 is 0 Å². The molecule has 0 aliphatic carbocycles. The molecule has 214 valence electrons. The molecule has 0 bridgehead atoms. The van der Waals surface area contributed by atoms with Crippen molar-refractivity contribution in [3.8, 4) is 11.3 Å². The fourth-order valence-corrected chi connectivity index (χ4v) is 5.16. The summed E-state index contributed by atoms with van der Waals surface area (Å²) in [5.41, 5.74) is 3.63. The van der Waals surface area contributed by atoms with Gasteiger partial charge in [0.05, 0.1) is 29.2 Å². The van der Waals surface area contributed by atoms with Crippen molar-refractivity contribution in [1.29, 1.82) is 0 Å². The van der Waals surface area contributed by atoms with Gasteiger partial charge in [-0.2, -0.15) is 5.10 Å². The van der Waals surface area contributed by atoms with Gasteiger partial charge < -0.3 is 10.2 Å². The number of carbonyl (C=O) groups excluding carboxylic acids is 2. The Labute approximate surface area is 242 Å². The molecule has 2 amide bonds. The van der Waals surface area contributed by atoms with Crippen molar-refractivity contribution in [2.75, 3.05) is 13.1 Å². The van der Waals surface area contributed by atoms with Gasteiger partial charge in [0.25, 0.3) is 11.7 Å². The number of nitrogens with one attached hydrogen (secondary N) is 1. The van der Waals surface area contributed by atoms with E-state index in [-0.39, 0.29) is 17.4 Å². The number of likely N-dealkylation sites (tertiary alicyclic amines) is 1. The Hall–Kier alpha value is -4.73. The van der Waals surface area contributed by atoms with Gasteiger partial charge in [0.2, 0.25) is 5.91 Å². The largest absolute Gasteiger partial charge is 0.341 e. The van der Waals surface area contributed by atoms with Crippen LogP contribution in [0.25, 0.3) is 27.9 Å². The maximum atomic E-state index is 15.3. The number of pyridine rings is 1. The summed E-state index contributed by atoms with van der Waals surface area (Å²) in [5.74, 6) is -0.724. The van der Waals surface area contributed by atoms with Crippen LogP contribution in [0.3, 0.4) is 0 Å². The number of rotatable bonds is 9. The van der Waals surface area contributed by atoms with E-state index < -0.39 is 17.8 Å². The third-order valence-corrected chi connectivity index (χ3v) is 7.97. The van der Waals surface area contributed by atoms with Gasteiger partial charge in [0.1, 0.15) is 17.6 Å². The molecule has 1 fully saturated rings. The molecule has 0 radical (unpaired) electrons. The number of amides is 2. The number of hydrogen-bond donors (Lipinski definition) is 1. The summed E-state index contributed by atoms with van der Waals surface area (Å²) >= 11 is 0. The molecule has 4 heterocycles. The van der Waals surface area contributed by atoms with Crippen LogP contribution in [-0.4, -0.2) is 60.4 Å². The number of benzene rings is 2. The first-order valence-corrected chi connectivity index (χ1v) is 14.3. The van der Waals surface area contributed by atoms with Crippen molar-refractivity contribution in [2.45, 2.75) is 45.6 Å². The molecular weight excluding hydrogens is 533 g/mol. The van der Waals surface area contributed by atoms with Crippen molar-refractivity contribution in [3.63, 3.8) is 0 Å². The summed E-state index contributed by atoms with van der Waals surface area (Å²) in [6.07, 6.45) is 7.97. The summed E-state index contributed by atoms with van der Waals surface area (Å²) < 4.78 is 17.0. The molecule has 1 aliphatic heterocycles. The molecule has 1 unspecified atom stereocenters. The Bertz CT molecular complexity index is 1780. The summed E-state index contributed by atoms with van der Waals surface area (Å²) in [4.78, 5) is 41.0. The number of fused-ring (bicyclic) bond motifs is 2. The van der Waals surface area contributed by atoms with Gasteiger partial charge in [-0.1, -0.05) is 38.5 Å². The minimum atomic E-state index is -0.693. The van der Waals surface area contributed by atoms with Crippen LogP contribution in [-0.2, 0) is 11.2 Å². The second kappa shape index (κ2) is 11.6. The Morgan fingerprint density at radius 3 is 2.64 bits per heavy atom. The molecule has 9 nitrogen and oxygen atoms in total. The molecule has 42 heavy (non-hydrogen) atoms. The summed E-state index contributed by atoms with van der Waals surface area (Å²) in [6.45, 7) is 5.47. The van der Waals surface area contributed by atoms with E-state index in [2.05, 4.69) is 26.3 Å². The highest BCUT2D eigenvalue weighted by atomic mass is 19.1. The number of nitrogens with zero attached hydrogens (tertiary/aromatic N) is 6. The molecule has 1 saturated heterocycles. The van der Waals surface area contributed by atoms with Gasteiger partial charge in [-0.3, -0.25) is 14.6 Å². The lowest BCUT2D eigenvalue weighted by molar-refractivity contribution is -0.137. The lowest BCUT2D eigenvalue weighted by Crippen LogP contribution is -2.53. The predicted molar refractivity (Wildman–Crippen MR) is 157 cm³/mol. The van der Waals surface area contributed by atoms with Crippen molar-refractivity contribution in [2.24, 2.45) is 5.92 Å². The molecule has 2 aromatic carbocycles. The predicted octanol–water partition coefficient (Wildman–Crippen LogP) is 4.84. The summed E-state index contributed by atoms with van der Waals surface area (Å²) in [6, 6.07) is 13.7. The van der Waals surface area contributed by atoms with E-state index in [9.17, 15) is 9.59 Å². The van der Waals surface area contributed by atoms with Crippen LogP contribution in [0.5, 0.6) is 0 Å². The number of aromatic nitrogens is 5. The monoisotopic (exact) mass is 565 g/mol. The third kappa shape index (κ3) is 5.57. The zero-order valence-electron chi connectivity index (χ0n) is 23.6. The van der Waals surface area contributed by atoms with Crippen LogP contribution in [0, 0.1) is 11.7 Å². The Morgan fingerprint density at radius 1 is 1.05 bits per heavy atom. The molecule has 0 spiro atoms. The Kier molecular flexibility index (Phi) is 7.60. The van der Waals surface area contributed by atoms with Crippen molar-refractivity contribution < 1.29 is 14.0 Å². The number of imidazole rings is 1. The normalized spacial score (nSPS) is 14.5. The van der Waals surface area contributed by atoms with Crippen molar-refractivity contribution >= 4 is 28.5 Å². The second-order valence-electron chi connectivity index (χ2n) is 11.0. The fraction of sp³-hybridized carbons (Fsp3) is 0.312. The van der Waals surface area contributed by atoms with Crippen LogP contribution < -0.4 is 5.32 Å². The molecule has 5 aromatic rings. The van der Waals surface area contributed by atoms with E-state index in [1.165, 1.54) is 18.3 Å². The smallest absolute Gasteiger partial charge is 0.254 e. The zero-order valence-corrected chi connectivity index (χ0v) is 23.6. The number of carbonyl (C=O) groups is 2. The fourth-order valence-electron chi connectivity index (χ4n) is 5.16. The standard InChI is InChI=1S/C32H32FN7O2/c1-3-20(2)14-28(31(42)39-12-5-13-39)37-30(41)25-9-8-23(17-26(25)33)29-19-36-32-35-18-24(40(32)38-29)16-21-7-10-27-22(15-21)6-4-11-34-27/h4,6-11,15,17-20,28H,3,5,12-14,16H2,1-2H3,(H,37,41)/t20?,28-/m1/s1. The highest BCUT2D eigenvalue weighted by Gasteiger charge is 2.31. The Morgan fingerprint density at radius 2 is 1.88 bits per heavy atom. The highest BCUT2D eigenvalue weighted by molar-refractivity contribution is 5.98. The lowest BCUT2D eigenvalue weighted by atomic mass is 9.97. The van der Waals surface area contributed by atoms with Gasteiger partial charge in [0, 0.05) is 36.7 Å². The molecule has 3 aromatic heterocycles. The van der Waals surface area contributed by atoms with E-state index in [0.29, 0.717) is 43.0 Å². The molecule has 6 rings (SSSR count). The minimum Gasteiger partial charge on any atom is -0.341 e. The molecule has 0 saturated carbocycles. The summed E-state index contributed by atoms with van der Waals surface area (Å²) in [5, 5.41) is 8.53. The highest BCUT2D eigenvalue weighted by Crippen LogP contribution is 2.23. The van der Waals surface area contributed by atoms with E-state index in [4.69, 9.17) is 5.10 Å². The minimum absolute atomic E-state index is 0.105. The molecule has 1 N–H and O–H groups in total. The maximum Gasteiger partial charge on any atom is 0.254 e.